The molecule has 0 saturated carbocycles. The van der Waals surface area contributed by atoms with Gasteiger partial charge in [0.25, 0.3) is 5.69 Å². The third-order valence-corrected chi connectivity index (χ3v) is 7.02. The van der Waals surface area contributed by atoms with Crippen molar-refractivity contribution >= 4 is 17.6 Å². The third-order valence-electron chi connectivity index (χ3n) is 7.02. The molecule has 180 valence electrons. The van der Waals surface area contributed by atoms with Crippen LogP contribution in [0.15, 0.2) is 48.5 Å². The van der Waals surface area contributed by atoms with Gasteiger partial charge in [0.15, 0.2) is 17.1 Å². The number of carbonyl (C=O) groups excluding carboxylic acids is 2. The van der Waals surface area contributed by atoms with E-state index in [0.717, 1.165) is 5.56 Å². The minimum absolute atomic E-state index is 0.107. The summed E-state index contributed by atoms with van der Waals surface area (Å²) in [4.78, 5) is 38.9. The molecular weight excluding hydrogens is 440 g/mol. The summed E-state index contributed by atoms with van der Waals surface area (Å²) in [6, 6.07) is 12.1. The van der Waals surface area contributed by atoms with Crippen molar-refractivity contribution in [3.63, 3.8) is 0 Å². The molecule has 0 spiro atoms. The summed E-state index contributed by atoms with van der Waals surface area (Å²) >= 11 is 0. The molecule has 2 aromatic rings. The number of aliphatic hydroxyl groups is 1. The largest absolute Gasteiger partial charge is 0.497 e. The molecule has 0 aromatic heterocycles. The van der Waals surface area contributed by atoms with Gasteiger partial charge in [-0.25, -0.2) is 0 Å². The highest BCUT2D eigenvalue weighted by molar-refractivity contribution is 6.08. The fourth-order valence-corrected chi connectivity index (χ4v) is 5.13. The van der Waals surface area contributed by atoms with Gasteiger partial charge in [0, 0.05) is 18.7 Å². The Labute approximate surface area is 197 Å². The number of ether oxygens (including phenoxy) is 2. The van der Waals surface area contributed by atoms with E-state index in [2.05, 4.69) is 0 Å². The molecule has 2 heterocycles. The Balaban J connectivity index is 1.78. The molecule has 0 aliphatic carbocycles. The number of nitro groups is 1. The van der Waals surface area contributed by atoms with Crippen LogP contribution in [0.4, 0.5) is 5.69 Å². The lowest BCUT2D eigenvalue weighted by molar-refractivity contribution is -0.384. The number of hydrogen-bond donors (Lipinski definition) is 1. The summed E-state index contributed by atoms with van der Waals surface area (Å²) in [6.07, 6.45) is -0.701. The van der Waals surface area contributed by atoms with Crippen LogP contribution in [0.2, 0.25) is 0 Å². The van der Waals surface area contributed by atoms with E-state index in [4.69, 9.17) is 9.47 Å². The predicted octanol–water partition coefficient (Wildman–Crippen LogP) is 3.40. The lowest BCUT2D eigenvalue weighted by Crippen LogP contribution is -2.53. The smallest absolute Gasteiger partial charge is 0.325 e. The Hall–Kier alpha value is -3.46. The number of amides is 1. The van der Waals surface area contributed by atoms with Crippen LogP contribution in [-0.4, -0.2) is 45.6 Å². The van der Waals surface area contributed by atoms with Crippen LogP contribution in [0.3, 0.4) is 0 Å². The molecule has 9 nitrogen and oxygen atoms in total. The summed E-state index contributed by atoms with van der Waals surface area (Å²) in [5.41, 5.74) is -2.54. The second-order valence-electron chi connectivity index (χ2n) is 9.51. The Morgan fingerprint density at radius 3 is 2.29 bits per heavy atom. The van der Waals surface area contributed by atoms with E-state index in [1.54, 1.807) is 24.1 Å². The minimum Gasteiger partial charge on any atom is -0.497 e. The summed E-state index contributed by atoms with van der Waals surface area (Å²) < 4.78 is 10.8. The highest BCUT2D eigenvalue weighted by Crippen LogP contribution is 2.59. The molecule has 4 rings (SSSR count). The number of hydrogen-bond acceptors (Lipinski definition) is 7. The van der Waals surface area contributed by atoms with Crippen LogP contribution < -0.4 is 4.74 Å². The molecule has 2 aliphatic heterocycles. The Morgan fingerprint density at radius 2 is 1.76 bits per heavy atom. The van der Waals surface area contributed by atoms with Crippen molar-refractivity contribution in [1.29, 1.82) is 0 Å². The van der Waals surface area contributed by atoms with Crippen LogP contribution >= 0.6 is 0 Å². The van der Waals surface area contributed by atoms with Gasteiger partial charge >= 0.3 is 5.97 Å². The Kier molecular flexibility index (Phi) is 5.85. The van der Waals surface area contributed by atoms with E-state index in [9.17, 15) is 24.8 Å². The maximum Gasteiger partial charge on any atom is 0.325 e. The number of cyclic esters (lactones) is 1. The van der Waals surface area contributed by atoms with E-state index in [-0.39, 0.29) is 18.2 Å². The topological polar surface area (TPSA) is 119 Å². The fourth-order valence-electron chi connectivity index (χ4n) is 5.13. The molecule has 4 atom stereocenters. The van der Waals surface area contributed by atoms with Gasteiger partial charge in [-0.05, 0) is 54.7 Å². The van der Waals surface area contributed by atoms with Gasteiger partial charge in [0.1, 0.15) is 5.75 Å². The second kappa shape index (κ2) is 8.39. The number of carbonyl (C=O) groups is 2. The van der Waals surface area contributed by atoms with Gasteiger partial charge in [-0.15, -0.1) is 0 Å². The van der Waals surface area contributed by atoms with Crippen LogP contribution in [0.5, 0.6) is 5.75 Å². The monoisotopic (exact) mass is 468 g/mol. The van der Waals surface area contributed by atoms with Crippen LogP contribution in [0, 0.1) is 21.4 Å². The van der Waals surface area contributed by atoms with Gasteiger partial charge in [0.05, 0.1) is 18.1 Å². The first-order valence-corrected chi connectivity index (χ1v) is 11.2. The van der Waals surface area contributed by atoms with Crippen LogP contribution in [0.25, 0.3) is 0 Å². The number of likely N-dealkylation sites (tertiary alicyclic amines) is 1. The van der Waals surface area contributed by atoms with E-state index in [0.29, 0.717) is 17.7 Å². The number of rotatable bonds is 7. The van der Waals surface area contributed by atoms with Crippen molar-refractivity contribution in [2.75, 3.05) is 7.11 Å². The van der Waals surface area contributed by atoms with Crippen molar-refractivity contribution in [2.24, 2.45) is 11.3 Å². The summed E-state index contributed by atoms with van der Waals surface area (Å²) in [5, 5.41) is 23.3. The van der Waals surface area contributed by atoms with E-state index in [1.165, 1.54) is 31.2 Å². The molecule has 2 saturated heterocycles. The third kappa shape index (κ3) is 3.42. The lowest BCUT2D eigenvalue weighted by Gasteiger charge is -2.38. The number of esters is 1. The average Bonchev–Trinajstić information content (AvgIpc) is 3.11. The Bertz CT molecular complexity index is 1120. The van der Waals surface area contributed by atoms with Gasteiger partial charge in [-0.2, -0.15) is 0 Å². The molecule has 2 fully saturated rings. The molecule has 0 radical (unpaired) electrons. The summed E-state index contributed by atoms with van der Waals surface area (Å²) in [5.74, 6) is -0.504. The molecule has 9 heteroatoms. The van der Waals surface area contributed by atoms with E-state index < -0.39 is 40.0 Å². The van der Waals surface area contributed by atoms with Gasteiger partial charge < -0.3 is 19.5 Å². The first kappa shape index (κ1) is 23.7. The summed E-state index contributed by atoms with van der Waals surface area (Å²) in [7, 11) is 1.57. The molecular formula is C25H28N2O7. The SMILES string of the molecule is COc1ccc(CN2C(=O)[C@]3(C)C(=O)O[C@@H](c4ccc([N+](=O)[O-])cc4)[C@]3(O)[C@H]2CC(C)C)cc1. The quantitative estimate of drug-likeness (QED) is 0.286. The lowest BCUT2D eigenvalue weighted by atomic mass is 9.69. The first-order valence-electron chi connectivity index (χ1n) is 11.2. The number of nitro benzene ring substituents is 1. The maximum atomic E-state index is 13.7. The molecule has 2 aromatic carbocycles. The zero-order valence-electron chi connectivity index (χ0n) is 19.6. The highest BCUT2D eigenvalue weighted by atomic mass is 16.6. The van der Waals surface area contributed by atoms with Crippen LogP contribution in [-0.2, 0) is 20.9 Å². The zero-order valence-corrected chi connectivity index (χ0v) is 19.6. The first-order chi connectivity index (χ1) is 16.0. The van der Waals surface area contributed by atoms with Gasteiger partial charge in [-0.1, -0.05) is 26.0 Å². The van der Waals surface area contributed by atoms with E-state index in [1.807, 2.05) is 26.0 Å². The molecule has 0 bridgehead atoms. The molecule has 0 unspecified atom stereocenters. The number of methoxy groups -OCH3 is 1. The molecule has 34 heavy (non-hydrogen) atoms. The van der Waals surface area contributed by atoms with Gasteiger partial charge in [-0.3, -0.25) is 19.7 Å². The molecule has 2 aliphatic rings. The second-order valence-corrected chi connectivity index (χ2v) is 9.51. The standard InChI is InChI=1S/C25H28N2O7/c1-15(2)13-20-25(30)21(17-7-9-18(10-8-17)27(31)32)34-23(29)24(25,3)22(28)26(20)14-16-5-11-19(33-4)12-6-16/h5-12,15,20-21,30H,13-14H2,1-4H3/t20-,21+,24-,25-/m1/s1. The van der Waals surface area contributed by atoms with Crippen molar-refractivity contribution in [1.82, 2.24) is 4.90 Å². The van der Waals surface area contributed by atoms with Crippen molar-refractivity contribution in [2.45, 2.75) is 51.5 Å². The van der Waals surface area contributed by atoms with Crippen LogP contribution in [0.1, 0.15) is 44.4 Å². The van der Waals surface area contributed by atoms with Crippen molar-refractivity contribution in [3.05, 3.63) is 69.8 Å². The normalized spacial score (nSPS) is 28.2. The summed E-state index contributed by atoms with van der Waals surface area (Å²) in [6.45, 7) is 5.60. The van der Waals surface area contributed by atoms with Gasteiger partial charge in [0.2, 0.25) is 5.91 Å². The van der Waals surface area contributed by atoms with Crippen molar-refractivity contribution in [3.8, 4) is 5.75 Å². The van der Waals surface area contributed by atoms with E-state index >= 15 is 0 Å². The average molecular weight is 469 g/mol. The Morgan fingerprint density at radius 1 is 1.15 bits per heavy atom. The predicted molar refractivity (Wildman–Crippen MR) is 122 cm³/mol. The number of benzene rings is 2. The number of non-ortho nitro benzene ring substituents is 1. The highest BCUT2D eigenvalue weighted by Gasteiger charge is 2.78. The molecule has 1 N–H and O–H groups in total. The minimum atomic E-state index is -1.85. The zero-order chi connectivity index (χ0) is 24.8. The number of fused-ring (bicyclic) bond motifs is 1. The number of nitrogens with zero attached hydrogens (tertiary/aromatic N) is 2. The fraction of sp³-hybridized carbons (Fsp3) is 0.440. The van der Waals surface area contributed by atoms with Crippen molar-refractivity contribution < 1.29 is 29.1 Å². The maximum absolute atomic E-state index is 13.7. The molecule has 1 amide bonds.